The lowest BCUT2D eigenvalue weighted by Crippen LogP contribution is -2.23. The van der Waals surface area contributed by atoms with E-state index in [2.05, 4.69) is 20.3 Å². The summed E-state index contributed by atoms with van der Waals surface area (Å²) < 4.78 is 12.9. The number of carbonyl (C=O) groups is 1. The van der Waals surface area contributed by atoms with Crippen LogP contribution in [0.4, 0.5) is 5.95 Å². The number of H-pyrrole nitrogens is 1. The predicted molar refractivity (Wildman–Crippen MR) is 77.7 cm³/mol. The number of hydrogen-bond donors (Lipinski definition) is 2. The molecule has 118 valence electrons. The van der Waals surface area contributed by atoms with Gasteiger partial charge in [0.1, 0.15) is 12.5 Å². The lowest BCUT2D eigenvalue weighted by atomic mass is 10.1. The van der Waals surface area contributed by atoms with Gasteiger partial charge in [-0.1, -0.05) is 0 Å². The molecule has 0 amide bonds. The number of imidazole rings is 1. The second kappa shape index (κ2) is 5.85. The van der Waals surface area contributed by atoms with Crippen LogP contribution in [-0.4, -0.2) is 52.2 Å². The molecule has 9 nitrogen and oxygen atoms in total. The average Bonchev–Trinajstić information content (AvgIpc) is 3.11. The van der Waals surface area contributed by atoms with Crippen LogP contribution in [0.2, 0.25) is 0 Å². The molecular weight excluding hydrogens is 290 g/mol. The zero-order valence-corrected chi connectivity index (χ0v) is 12.3. The lowest BCUT2D eigenvalue weighted by Gasteiger charge is -2.14. The smallest absolute Gasteiger partial charge is 0.280 e. The Bertz CT molecular complexity index is 740. The molecule has 9 heteroatoms. The summed E-state index contributed by atoms with van der Waals surface area (Å²) in [7, 11) is 3.25. The molecular formula is C13H17N5O4. The Morgan fingerprint density at radius 1 is 1.64 bits per heavy atom. The SMILES string of the molecule is CNc1nc2c(ncn2C2C[C@@H](OC)C(CC=O)O2)c(=O)[nH]1. The second-order valence-electron chi connectivity index (χ2n) is 5.03. The normalized spacial score (nSPS) is 24.7. The van der Waals surface area contributed by atoms with Gasteiger partial charge in [0.25, 0.3) is 5.56 Å². The Labute approximate surface area is 125 Å². The first-order valence-electron chi connectivity index (χ1n) is 6.94. The number of nitrogens with zero attached hydrogens (tertiary/aromatic N) is 3. The van der Waals surface area contributed by atoms with E-state index >= 15 is 0 Å². The van der Waals surface area contributed by atoms with Crippen molar-refractivity contribution in [3.05, 3.63) is 16.7 Å². The Morgan fingerprint density at radius 3 is 3.14 bits per heavy atom. The van der Waals surface area contributed by atoms with Crippen molar-refractivity contribution in [1.29, 1.82) is 0 Å². The molecule has 3 atom stereocenters. The van der Waals surface area contributed by atoms with Gasteiger partial charge in [-0.15, -0.1) is 0 Å². The number of aromatic nitrogens is 4. The maximum absolute atomic E-state index is 12.0. The second-order valence-corrected chi connectivity index (χ2v) is 5.03. The minimum atomic E-state index is -0.376. The van der Waals surface area contributed by atoms with Gasteiger partial charge >= 0.3 is 0 Å². The molecule has 1 saturated heterocycles. The lowest BCUT2D eigenvalue weighted by molar-refractivity contribution is -0.112. The van der Waals surface area contributed by atoms with E-state index in [1.807, 2.05) is 0 Å². The Hall–Kier alpha value is -2.26. The van der Waals surface area contributed by atoms with Crippen LogP contribution in [0, 0.1) is 0 Å². The number of aromatic amines is 1. The largest absolute Gasteiger partial charge is 0.379 e. The summed E-state index contributed by atoms with van der Waals surface area (Å²) in [6.07, 6.45) is 2.29. The van der Waals surface area contributed by atoms with Gasteiger partial charge in [-0.05, 0) is 0 Å². The number of nitrogens with one attached hydrogen (secondary N) is 2. The third kappa shape index (κ3) is 2.38. The summed E-state index contributed by atoms with van der Waals surface area (Å²) in [5.41, 5.74) is 0.356. The molecule has 0 aromatic carbocycles. The molecule has 2 N–H and O–H groups in total. The van der Waals surface area contributed by atoms with Crippen molar-refractivity contribution in [3.63, 3.8) is 0 Å². The highest BCUT2D eigenvalue weighted by Crippen LogP contribution is 2.33. The Morgan fingerprint density at radius 2 is 2.45 bits per heavy atom. The van der Waals surface area contributed by atoms with Crippen molar-refractivity contribution in [1.82, 2.24) is 19.5 Å². The topological polar surface area (TPSA) is 111 Å². The zero-order valence-electron chi connectivity index (χ0n) is 12.3. The van der Waals surface area contributed by atoms with Crippen molar-refractivity contribution >= 4 is 23.4 Å². The highest BCUT2D eigenvalue weighted by molar-refractivity contribution is 5.70. The maximum atomic E-state index is 12.0. The van der Waals surface area contributed by atoms with E-state index in [0.29, 0.717) is 18.0 Å². The van der Waals surface area contributed by atoms with Crippen molar-refractivity contribution in [3.8, 4) is 0 Å². The van der Waals surface area contributed by atoms with Crippen molar-refractivity contribution < 1.29 is 14.3 Å². The van der Waals surface area contributed by atoms with E-state index in [4.69, 9.17) is 9.47 Å². The summed E-state index contributed by atoms with van der Waals surface area (Å²) in [6, 6.07) is 0. The molecule has 0 radical (unpaired) electrons. The number of hydrogen-bond acceptors (Lipinski definition) is 7. The van der Waals surface area contributed by atoms with Gasteiger partial charge in [0, 0.05) is 27.0 Å². The van der Waals surface area contributed by atoms with E-state index in [1.54, 1.807) is 18.7 Å². The summed E-state index contributed by atoms with van der Waals surface area (Å²) in [6.45, 7) is 0. The number of anilines is 1. The molecule has 2 aromatic heterocycles. The highest BCUT2D eigenvalue weighted by Gasteiger charge is 2.36. The number of aldehydes is 1. The van der Waals surface area contributed by atoms with E-state index in [1.165, 1.54) is 6.33 Å². The monoisotopic (exact) mass is 307 g/mol. The number of ether oxygens (including phenoxy) is 2. The minimum absolute atomic E-state index is 0.182. The first-order valence-corrected chi connectivity index (χ1v) is 6.94. The summed E-state index contributed by atoms with van der Waals surface area (Å²) >= 11 is 0. The molecule has 2 unspecified atom stereocenters. The van der Waals surface area contributed by atoms with Gasteiger partial charge in [-0.2, -0.15) is 4.98 Å². The molecule has 2 aromatic rings. The summed E-state index contributed by atoms with van der Waals surface area (Å²) in [5.74, 6) is 0.352. The van der Waals surface area contributed by atoms with Crippen LogP contribution in [0.3, 0.4) is 0 Å². The van der Waals surface area contributed by atoms with Crippen LogP contribution < -0.4 is 10.9 Å². The maximum Gasteiger partial charge on any atom is 0.280 e. The molecule has 0 bridgehead atoms. The Balaban J connectivity index is 1.98. The number of rotatable bonds is 5. The average molecular weight is 307 g/mol. The van der Waals surface area contributed by atoms with Crippen LogP contribution >= 0.6 is 0 Å². The van der Waals surface area contributed by atoms with E-state index < -0.39 is 0 Å². The quantitative estimate of drug-likeness (QED) is 0.751. The van der Waals surface area contributed by atoms with Crippen LogP contribution in [0.15, 0.2) is 11.1 Å². The first-order chi connectivity index (χ1) is 10.7. The van der Waals surface area contributed by atoms with E-state index in [0.717, 1.165) is 6.29 Å². The predicted octanol–water partition coefficient (Wildman–Crippen LogP) is 0.0528. The fourth-order valence-corrected chi connectivity index (χ4v) is 2.68. The van der Waals surface area contributed by atoms with E-state index in [9.17, 15) is 9.59 Å². The van der Waals surface area contributed by atoms with Crippen LogP contribution in [0.1, 0.15) is 19.1 Å². The molecule has 3 rings (SSSR count). The van der Waals surface area contributed by atoms with Crippen molar-refractivity contribution in [2.45, 2.75) is 31.3 Å². The molecule has 0 aliphatic carbocycles. The van der Waals surface area contributed by atoms with Crippen LogP contribution in [0.5, 0.6) is 0 Å². The standard InChI is InChI=1S/C13H17N5O4/c1-14-13-16-11-10(12(20)17-13)15-6-18(11)9-5-8(21-2)7(22-9)3-4-19/h4,6-9H,3,5H2,1-2H3,(H2,14,16,17,20)/t7?,8-,9?/m1/s1. The molecule has 1 aliphatic rings. The fourth-order valence-electron chi connectivity index (χ4n) is 2.68. The van der Waals surface area contributed by atoms with Gasteiger partial charge in [-0.3, -0.25) is 14.3 Å². The summed E-state index contributed by atoms with van der Waals surface area (Å²) in [4.78, 5) is 33.7. The van der Waals surface area contributed by atoms with Gasteiger partial charge in [0.05, 0.1) is 18.5 Å². The van der Waals surface area contributed by atoms with Crippen molar-refractivity contribution in [2.24, 2.45) is 0 Å². The minimum Gasteiger partial charge on any atom is -0.379 e. The third-order valence-corrected chi connectivity index (χ3v) is 3.79. The Kier molecular flexibility index (Phi) is 3.90. The number of carbonyl (C=O) groups excluding carboxylic acids is 1. The van der Waals surface area contributed by atoms with Crippen LogP contribution in [0.25, 0.3) is 11.2 Å². The van der Waals surface area contributed by atoms with Gasteiger partial charge < -0.3 is 19.6 Å². The molecule has 0 spiro atoms. The molecule has 3 heterocycles. The molecule has 0 saturated carbocycles. The number of methoxy groups -OCH3 is 1. The highest BCUT2D eigenvalue weighted by atomic mass is 16.6. The molecule has 1 fully saturated rings. The molecule has 1 aliphatic heterocycles. The third-order valence-electron chi connectivity index (χ3n) is 3.79. The van der Waals surface area contributed by atoms with Gasteiger partial charge in [0.15, 0.2) is 11.2 Å². The van der Waals surface area contributed by atoms with Crippen LogP contribution in [-0.2, 0) is 14.3 Å². The van der Waals surface area contributed by atoms with Crippen molar-refractivity contribution in [2.75, 3.05) is 19.5 Å². The number of fused-ring (bicyclic) bond motifs is 1. The molecule has 22 heavy (non-hydrogen) atoms. The summed E-state index contributed by atoms with van der Waals surface area (Å²) in [5, 5.41) is 2.80. The first kappa shape index (κ1) is 14.7. The zero-order chi connectivity index (χ0) is 15.7. The van der Waals surface area contributed by atoms with E-state index in [-0.39, 0.29) is 35.9 Å². The van der Waals surface area contributed by atoms with Gasteiger partial charge in [-0.25, -0.2) is 4.98 Å². The van der Waals surface area contributed by atoms with Gasteiger partial charge in [0.2, 0.25) is 5.95 Å². The fraction of sp³-hybridized carbons (Fsp3) is 0.538.